The van der Waals surface area contributed by atoms with Crippen molar-refractivity contribution in [3.8, 4) is 0 Å². The average molecular weight is 420 g/mol. The fourth-order valence-electron chi connectivity index (χ4n) is 3.39. The molecule has 1 heterocycles. The summed E-state index contributed by atoms with van der Waals surface area (Å²) in [5, 5.41) is 11.9. The second kappa shape index (κ2) is 8.19. The number of benzene rings is 3. The van der Waals surface area contributed by atoms with Crippen molar-refractivity contribution in [1.82, 2.24) is 4.90 Å². The summed E-state index contributed by atoms with van der Waals surface area (Å²) in [4.78, 5) is 26.7. The first-order valence-electron chi connectivity index (χ1n) is 9.06. The number of rotatable bonds is 5. The predicted octanol–water partition coefficient (Wildman–Crippen LogP) is 4.74. The number of carbonyl (C=O) groups is 2. The van der Waals surface area contributed by atoms with Gasteiger partial charge in [0.05, 0.1) is 4.91 Å². The summed E-state index contributed by atoms with van der Waals surface area (Å²) in [5.41, 5.74) is 1.74. The Kier molecular flexibility index (Phi) is 5.47. The summed E-state index contributed by atoms with van der Waals surface area (Å²) < 4.78 is 0.268. The van der Waals surface area contributed by atoms with Crippen LogP contribution in [-0.4, -0.2) is 32.2 Å². The lowest BCUT2D eigenvalue weighted by Gasteiger charge is -2.23. The minimum Gasteiger partial charge on any atom is -0.480 e. The van der Waals surface area contributed by atoms with Crippen molar-refractivity contribution in [3.05, 3.63) is 88.8 Å². The maximum Gasteiger partial charge on any atom is 0.327 e. The second-order valence-corrected chi connectivity index (χ2v) is 8.34. The maximum atomic E-state index is 13.1. The second-order valence-electron chi connectivity index (χ2n) is 6.66. The summed E-state index contributed by atoms with van der Waals surface area (Å²) in [5.74, 6) is -1.44. The van der Waals surface area contributed by atoms with Crippen molar-refractivity contribution in [2.75, 3.05) is 0 Å². The molecular weight excluding hydrogens is 402 g/mol. The highest BCUT2D eigenvalue weighted by molar-refractivity contribution is 8.26. The Morgan fingerprint density at radius 3 is 2.48 bits per heavy atom. The first kappa shape index (κ1) is 19.4. The molecule has 4 rings (SSSR count). The van der Waals surface area contributed by atoms with E-state index in [0.717, 1.165) is 33.7 Å². The number of carboxylic acids is 1. The van der Waals surface area contributed by atoms with Crippen LogP contribution in [-0.2, 0) is 16.0 Å². The molecule has 144 valence electrons. The molecule has 0 spiro atoms. The van der Waals surface area contributed by atoms with Crippen LogP contribution in [0.1, 0.15) is 11.1 Å². The standard InChI is InChI=1S/C23H17NO3S2/c25-21-20(14-17-11-6-10-16-9-4-5-12-18(16)17)29-23(28)24(21)19(22(26)27)13-15-7-2-1-3-8-15/h1-12,14,19H,13H2,(H,26,27)/b20-14-/t19-/m0/s1. The van der Waals surface area contributed by atoms with Gasteiger partial charge in [-0.05, 0) is 28.0 Å². The van der Waals surface area contributed by atoms with E-state index in [9.17, 15) is 14.7 Å². The largest absolute Gasteiger partial charge is 0.480 e. The first-order chi connectivity index (χ1) is 14.0. The molecule has 1 fully saturated rings. The zero-order valence-electron chi connectivity index (χ0n) is 15.3. The Morgan fingerprint density at radius 1 is 1.03 bits per heavy atom. The lowest BCUT2D eigenvalue weighted by Crippen LogP contribution is -2.45. The van der Waals surface area contributed by atoms with Crippen LogP contribution in [0.15, 0.2) is 77.7 Å². The van der Waals surface area contributed by atoms with E-state index in [-0.39, 0.29) is 16.6 Å². The van der Waals surface area contributed by atoms with Crippen molar-refractivity contribution in [2.24, 2.45) is 0 Å². The van der Waals surface area contributed by atoms with Crippen molar-refractivity contribution in [2.45, 2.75) is 12.5 Å². The van der Waals surface area contributed by atoms with Crippen molar-refractivity contribution < 1.29 is 14.7 Å². The molecule has 0 aliphatic carbocycles. The summed E-state index contributed by atoms with van der Waals surface area (Å²) in [6, 6.07) is 22.0. The average Bonchev–Trinajstić information content (AvgIpc) is 3.00. The van der Waals surface area contributed by atoms with Crippen LogP contribution in [0.5, 0.6) is 0 Å². The highest BCUT2D eigenvalue weighted by Gasteiger charge is 2.40. The molecule has 0 bridgehead atoms. The Bertz CT molecular complexity index is 1140. The number of hydrogen-bond donors (Lipinski definition) is 1. The molecule has 1 amide bonds. The molecule has 6 heteroatoms. The minimum absolute atomic E-state index is 0.199. The summed E-state index contributed by atoms with van der Waals surface area (Å²) in [7, 11) is 0. The van der Waals surface area contributed by atoms with E-state index >= 15 is 0 Å². The van der Waals surface area contributed by atoms with Gasteiger partial charge < -0.3 is 5.11 Å². The monoisotopic (exact) mass is 419 g/mol. The van der Waals surface area contributed by atoms with Crippen LogP contribution >= 0.6 is 24.0 Å². The number of carbonyl (C=O) groups excluding carboxylic acids is 1. The number of thiocarbonyl (C=S) groups is 1. The SMILES string of the molecule is O=C(O)[C@H](Cc1ccccc1)N1C(=O)/C(=C/c2cccc3ccccc23)SC1=S. The quantitative estimate of drug-likeness (QED) is 0.478. The highest BCUT2D eigenvalue weighted by atomic mass is 32.2. The molecule has 1 aliphatic rings. The molecule has 1 saturated heterocycles. The van der Waals surface area contributed by atoms with Gasteiger partial charge in [0.2, 0.25) is 0 Å². The third-order valence-corrected chi connectivity index (χ3v) is 6.13. The van der Waals surface area contributed by atoms with Crippen LogP contribution < -0.4 is 0 Å². The van der Waals surface area contributed by atoms with E-state index in [1.54, 1.807) is 6.08 Å². The Morgan fingerprint density at radius 2 is 1.72 bits per heavy atom. The smallest absolute Gasteiger partial charge is 0.327 e. The number of hydrogen-bond acceptors (Lipinski definition) is 4. The van der Waals surface area contributed by atoms with E-state index in [2.05, 4.69) is 0 Å². The molecule has 3 aromatic carbocycles. The van der Waals surface area contributed by atoms with E-state index in [0.29, 0.717) is 4.91 Å². The van der Waals surface area contributed by atoms with Crippen LogP contribution in [0.2, 0.25) is 0 Å². The number of fused-ring (bicyclic) bond motifs is 1. The zero-order valence-corrected chi connectivity index (χ0v) is 17.0. The lowest BCUT2D eigenvalue weighted by atomic mass is 10.0. The van der Waals surface area contributed by atoms with E-state index in [4.69, 9.17) is 12.2 Å². The van der Waals surface area contributed by atoms with Gasteiger partial charge in [-0.15, -0.1) is 0 Å². The van der Waals surface area contributed by atoms with Crippen LogP contribution in [0.3, 0.4) is 0 Å². The van der Waals surface area contributed by atoms with Crippen LogP contribution in [0.25, 0.3) is 16.8 Å². The highest BCUT2D eigenvalue weighted by Crippen LogP contribution is 2.35. The van der Waals surface area contributed by atoms with Crippen molar-refractivity contribution >= 4 is 57.0 Å². The van der Waals surface area contributed by atoms with Gasteiger partial charge in [0.15, 0.2) is 0 Å². The fourth-order valence-corrected chi connectivity index (χ4v) is 4.74. The molecule has 0 aromatic heterocycles. The zero-order chi connectivity index (χ0) is 20.4. The number of amides is 1. The first-order valence-corrected chi connectivity index (χ1v) is 10.3. The van der Waals surface area contributed by atoms with Gasteiger partial charge in [0.25, 0.3) is 5.91 Å². The van der Waals surface area contributed by atoms with Gasteiger partial charge in [-0.2, -0.15) is 0 Å². The Labute approximate surface area is 177 Å². The van der Waals surface area contributed by atoms with E-state index in [1.807, 2.05) is 72.8 Å². The van der Waals surface area contributed by atoms with E-state index < -0.39 is 12.0 Å². The number of carboxylic acid groups (broad SMARTS) is 1. The van der Waals surface area contributed by atoms with Gasteiger partial charge in [0.1, 0.15) is 10.4 Å². The third kappa shape index (κ3) is 3.95. The van der Waals surface area contributed by atoms with Gasteiger partial charge in [-0.3, -0.25) is 9.69 Å². The number of nitrogens with zero attached hydrogens (tertiary/aromatic N) is 1. The molecule has 1 atom stereocenters. The molecule has 0 radical (unpaired) electrons. The van der Waals surface area contributed by atoms with Gasteiger partial charge in [-0.1, -0.05) is 96.8 Å². The molecule has 1 N–H and O–H groups in total. The van der Waals surface area contributed by atoms with Crippen LogP contribution in [0, 0.1) is 0 Å². The van der Waals surface area contributed by atoms with E-state index in [1.165, 1.54) is 4.90 Å². The molecule has 29 heavy (non-hydrogen) atoms. The number of aliphatic carboxylic acids is 1. The molecule has 1 aliphatic heterocycles. The summed E-state index contributed by atoms with van der Waals surface area (Å²) in [6.07, 6.45) is 1.99. The van der Waals surface area contributed by atoms with Gasteiger partial charge in [0, 0.05) is 6.42 Å². The van der Waals surface area contributed by atoms with Gasteiger partial charge >= 0.3 is 5.97 Å². The molecule has 0 saturated carbocycles. The van der Waals surface area contributed by atoms with Crippen molar-refractivity contribution in [3.63, 3.8) is 0 Å². The third-order valence-electron chi connectivity index (χ3n) is 4.80. The molecular formula is C23H17NO3S2. The summed E-state index contributed by atoms with van der Waals surface area (Å²) >= 11 is 6.53. The minimum atomic E-state index is -1.07. The molecule has 0 unspecified atom stereocenters. The predicted molar refractivity (Wildman–Crippen MR) is 121 cm³/mol. The normalized spacial score (nSPS) is 16.6. The fraction of sp³-hybridized carbons (Fsp3) is 0.0870. The lowest BCUT2D eigenvalue weighted by molar-refractivity contribution is -0.145. The Balaban J connectivity index is 1.67. The number of thioether (sulfide) groups is 1. The van der Waals surface area contributed by atoms with Crippen LogP contribution in [0.4, 0.5) is 0 Å². The topological polar surface area (TPSA) is 57.6 Å². The van der Waals surface area contributed by atoms with Crippen molar-refractivity contribution in [1.29, 1.82) is 0 Å². The van der Waals surface area contributed by atoms with Gasteiger partial charge in [-0.25, -0.2) is 4.79 Å². The summed E-state index contributed by atoms with van der Waals surface area (Å²) in [6.45, 7) is 0. The Hall–Kier alpha value is -2.96. The maximum absolute atomic E-state index is 13.1. The molecule has 4 nitrogen and oxygen atoms in total. The molecule has 3 aromatic rings.